The van der Waals surface area contributed by atoms with Crippen molar-refractivity contribution >= 4 is 5.97 Å². The number of esters is 1. The molecule has 1 aliphatic rings. The summed E-state index contributed by atoms with van der Waals surface area (Å²) in [5, 5.41) is 10.5. The molecule has 0 amide bonds. The molecular weight excluding hydrogens is 336 g/mol. The van der Waals surface area contributed by atoms with Gasteiger partial charge in [-0.05, 0) is 18.9 Å². The first-order chi connectivity index (χ1) is 12.5. The van der Waals surface area contributed by atoms with Crippen molar-refractivity contribution < 1.29 is 28.8 Å². The molecule has 1 aromatic carbocycles. The molecule has 0 radical (unpaired) electrons. The van der Waals surface area contributed by atoms with Gasteiger partial charge in [-0.25, -0.2) is 0 Å². The first kappa shape index (κ1) is 20.4. The van der Waals surface area contributed by atoms with Gasteiger partial charge in [0.15, 0.2) is 12.4 Å². The summed E-state index contributed by atoms with van der Waals surface area (Å²) in [6.07, 6.45) is 2.55. The number of hydrogen-bond donors (Lipinski definition) is 1. The van der Waals surface area contributed by atoms with E-state index in [9.17, 15) is 9.90 Å². The largest absolute Gasteiger partial charge is 0.454 e. The average Bonchev–Trinajstić information content (AvgIpc) is 2.62. The maximum absolute atomic E-state index is 11.5. The molecule has 1 aromatic rings. The van der Waals surface area contributed by atoms with E-state index in [0.717, 1.165) is 5.56 Å². The third-order valence-corrected chi connectivity index (χ3v) is 4.09. The van der Waals surface area contributed by atoms with Crippen molar-refractivity contribution in [3.63, 3.8) is 0 Å². The van der Waals surface area contributed by atoms with Gasteiger partial charge in [0.05, 0.1) is 19.3 Å². The summed E-state index contributed by atoms with van der Waals surface area (Å²) in [4.78, 5) is 11.5. The molecule has 0 aliphatic carbocycles. The molecule has 6 heteroatoms. The van der Waals surface area contributed by atoms with Crippen LogP contribution in [0.2, 0.25) is 0 Å². The predicted molar refractivity (Wildman–Crippen MR) is 94.9 cm³/mol. The molecule has 26 heavy (non-hydrogen) atoms. The lowest BCUT2D eigenvalue weighted by Crippen LogP contribution is -2.59. The monoisotopic (exact) mass is 362 g/mol. The third-order valence-electron chi connectivity index (χ3n) is 4.09. The topological polar surface area (TPSA) is 74.2 Å². The fraction of sp³-hybridized carbons (Fsp3) is 0.550. The Labute approximate surface area is 154 Å². The number of aliphatic hydroxyl groups excluding tert-OH is 1. The Morgan fingerprint density at radius 2 is 2.00 bits per heavy atom. The van der Waals surface area contributed by atoms with Crippen molar-refractivity contribution in [2.75, 3.05) is 6.61 Å². The van der Waals surface area contributed by atoms with Gasteiger partial charge in [0, 0.05) is 13.3 Å². The van der Waals surface area contributed by atoms with Crippen LogP contribution in [0, 0.1) is 12.3 Å². The predicted octanol–water partition coefficient (Wildman–Crippen LogP) is 2.04. The van der Waals surface area contributed by atoms with Gasteiger partial charge < -0.3 is 24.1 Å². The zero-order chi connectivity index (χ0) is 18.9. The quantitative estimate of drug-likeness (QED) is 0.433. The summed E-state index contributed by atoms with van der Waals surface area (Å²) < 4.78 is 22.7. The van der Waals surface area contributed by atoms with Crippen LogP contribution in [-0.2, 0) is 30.3 Å². The minimum absolute atomic E-state index is 0.275. The third kappa shape index (κ3) is 5.82. The van der Waals surface area contributed by atoms with Gasteiger partial charge in [0.2, 0.25) is 0 Å². The van der Waals surface area contributed by atoms with Crippen LogP contribution >= 0.6 is 0 Å². The van der Waals surface area contributed by atoms with E-state index in [0.29, 0.717) is 19.4 Å². The SMILES string of the molecule is C#CCCCO[C@@H]1OC(C)[C@H](O)[C@@H](OCc2ccccc2)C1OC(C)=O. The van der Waals surface area contributed by atoms with E-state index in [2.05, 4.69) is 5.92 Å². The van der Waals surface area contributed by atoms with E-state index in [1.165, 1.54) is 6.92 Å². The number of terminal acetylenes is 1. The molecule has 2 rings (SSSR count). The number of carbonyl (C=O) groups excluding carboxylic acids is 1. The molecule has 1 aliphatic heterocycles. The van der Waals surface area contributed by atoms with Crippen LogP contribution in [0.15, 0.2) is 30.3 Å². The highest BCUT2D eigenvalue weighted by molar-refractivity contribution is 5.66. The van der Waals surface area contributed by atoms with Crippen molar-refractivity contribution in [2.24, 2.45) is 0 Å². The van der Waals surface area contributed by atoms with Crippen LogP contribution in [0.1, 0.15) is 32.3 Å². The molecule has 5 atom stereocenters. The van der Waals surface area contributed by atoms with Gasteiger partial charge in [-0.1, -0.05) is 30.3 Å². The molecule has 0 bridgehead atoms. The molecule has 0 aromatic heterocycles. The number of rotatable bonds is 8. The highest BCUT2D eigenvalue weighted by Gasteiger charge is 2.47. The Morgan fingerprint density at radius 1 is 1.27 bits per heavy atom. The summed E-state index contributed by atoms with van der Waals surface area (Å²) in [6.45, 7) is 3.66. The molecule has 2 unspecified atom stereocenters. The summed E-state index contributed by atoms with van der Waals surface area (Å²) in [5.41, 5.74) is 0.951. The fourth-order valence-electron chi connectivity index (χ4n) is 2.77. The lowest BCUT2D eigenvalue weighted by molar-refractivity contribution is -0.304. The molecule has 1 heterocycles. The zero-order valence-corrected chi connectivity index (χ0v) is 15.2. The Balaban J connectivity index is 2.08. The maximum Gasteiger partial charge on any atom is 0.303 e. The van der Waals surface area contributed by atoms with Gasteiger partial charge in [0.25, 0.3) is 0 Å². The maximum atomic E-state index is 11.5. The Hall–Kier alpha value is -1.91. The number of ether oxygens (including phenoxy) is 4. The first-order valence-corrected chi connectivity index (χ1v) is 8.74. The lowest BCUT2D eigenvalue weighted by atomic mass is 9.99. The van der Waals surface area contributed by atoms with E-state index in [4.69, 9.17) is 25.4 Å². The molecule has 1 fully saturated rings. The second-order valence-electron chi connectivity index (χ2n) is 6.21. The average molecular weight is 362 g/mol. The van der Waals surface area contributed by atoms with Gasteiger partial charge in [-0.15, -0.1) is 12.3 Å². The number of hydrogen-bond acceptors (Lipinski definition) is 6. The van der Waals surface area contributed by atoms with Crippen molar-refractivity contribution in [3.05, 3.63) is 35.9 Å². The van der Waals surface area contributed by atoms with Gasteiger partial charge in [0.1, 0.15) is 12.2 Å². The highest BCUT2D eigenvalue weighted by atomic mass is 16.7. The van der Waals surface area contributed by atoms with Crippen LogP contribution in [0.3, 0.4) is 0 Å². The standard InChI is InChI=1S/C20H26O6/c1-4-5-9-12-23-20-19(26-15(3)21)18(17(22)14(2)25-20)24-13-16-10-7-6-8-11-16/h1,6-8,10-11,14,17-20,22H,5,9,12-13H2,2-3H3/t14?,17-,18+,19?,20+/m0/s1. The molecule has 142 valence electrons. The van der Waals surface area contributed by atoms with E-state index in [1.54, 1.807) is 6.92 Å². The van der Waals surface area contributed by atoms with Crippen LogP contribution in [-0.4, -0.2) is 48.4 Å². The Morgan fingerprint density at radius 3 is 2.65 bits per heavy atom. The van der Waals surface area contributed by atoms with Crippen LogP contribution in [0.4, 0.5) is 0 Å². The number of aliphatic hydroxyl groups is 1. The minimum atomic E-state index is -0.950. The normalized spacial score (nSPS) is 28.3. The molecular formula is C20H26O6. The molecule has 6 nitrogen and oxygen atoms in total. The molecule has 0 saturated carbocycles. The number of unbranched alkanes of at least 4 members (excludes halogenated alkanes) is 1. The van der Waals surface area contributed by atoms with Crippen molar-refractivity contribution in [1.82, 2.24) is 0 Å². The van der Waals surface area contributed by atoms with Crippen LogP contribution < -0.4 is 0 Å². The van der Waals surface area contributed by atoms with E-state index < -0.39 is 36.7 Å². The summed E-state index contributed by atoms with van der Waals surface area (Å²) in [7, 11) is 0. The highest BCUT2D eigenvalue weighted by Crippen LogP contribution is 2.27. The van der Waals surface area contributed by atoms with E-state index in [-0.39, 0.29) is 6.61 Å². The van der Waals surface area contributed by atoms with E-state index >= 15 is 0 Å². The van der Waals surface area contributed by atoms with Crippen molar-refractivity contribution in [1.29, 1.82) is 0 Å². The van der Waals surface area contributed by atoms with Crippen LogP contribution in [0.5, 0.6) is 0 Å². The van der Waals surface area contributed by atoms with Gasteiger partial charge in [-0.2, -0.15) is 0 Å². The van der Waals surface area contributed by atoms with Crippen molar-refractivity contribution in [2.45, 2.75) is 64.0 Å². The summed E-state index contributed by atoms with van der Waals surface area (Å²) in [5.74, 6) is 2.05. The lowest BCUT2D eigenvalue weighted by Gasteiger charge is -2.42. The number of carbonyl (C=O) groups is 1. The van der Waals surface area contributed by atoms with E-state index in [1.807, 2.05) is 30.3 Å². The molecule has 1 N–H and O–H groups in total. The molecule has 1 saturated heterocycles. The molecule has 0 spiro atoms. The fourth-order valence-corrected chi connectivity index (χ4v) is 2.77. The van der Waals surface area contributed by atoms with Crippen molar-refractivity contribution in [3.8, 4) is 12.3 Å². The Kier molecular flexibility index (Phi) is 8.07. The summed E-state index contributed by atoms with van der Waals surface area (Å²) >= 11 is 0. The van der Waals surface area contributed by atoms with Crippen LogP contribution in [0.25, 0.3) is 0 Å². The Bertz CT molecular complexity index is 596. The summed E-state index contributed by atoms with van der Waals surface area (Å²) in [6, 6.07) is 9.56. The first-order valence-electron chi connectivity index (χ1n) is 8.74. The number of benzene rings is 1. The second kappa shape index (κ2) is 10.3. The minimum Gasteiger partial charge on any atom is -0.454 e. The van der Waals surface area contributed by atoms with Gasteiger partial charge >= 0.3 is 5.97 Å². The van der Waals surface area contributed by atoms with Gasteiger partial charge in [-0.3, -0.25) is 4.79 Å². The zero-order valence-electron chi connectivity index (χ0n) is 15.2. The smallest absolute Gasteiger partial charge is 0.303 e. The second-order valence-corrected chi connectivity index (χ2v) is 6.21.